The lowest BCUT2D eigenvalue weighted by Crippen LogP contribution is -2.53. The summed E-state index contributed by atoms with van der Waals surface area (Å²) < 4.78 is 5.42. The van der Waals surface area contributed by atoms with Crippen LogP contribution in [0.5, 0.6) is 0 Å². The molecule has 3 rings (SSSR count). The number of amides is 1. The largest absolute Gasteiger partial charge is 0.379 e. The molecule has 1 aromatic carbocycles. The minimum atomic E-state index is -0.213. The maximum absolute atomic E-state index is 11.8. The van der Waals surface area contributed by atoms with Gasteiger partial charge in [-0.3, -0.25) is 9.69 Å². The van der Waals surface area contributed by atoms with Crippen molar-refractivity contribution >= 4 is 5.91 Å². The topological polar surface area (TPSA) is 44.8 Å². The Hall–Kier alpha value is -1.43. The number of benzene rings is 1. The third kappa shape index (κ3) is 4.81. The van der Waals surface area contributed by atoms with Crippen LogP contribution in [0.3, 0.4) is 0 Å². The van der Waals surface area contributed by atoms with E-state index in [0.29, 0.717) is 0 Å². The van der Waals surface area contributed by atoms with E-state index in [2.05, 4.69) is 46.3 Å². The molecule has 0 unspecified atom stereocenters. The van der Waals surface area contributed by atoms with E-state index in [1.807, 2.05) is 0 Å². The molecule has 0 saturated carbocycles. The number of aryl methyl sites for hydroxylation is 1. The van der Waals surface area contributed by atoms with Crippen LogP contribution >= 0.6 is 0 Å². The van der Waals surface area contributed by atoms with E-state index in [4.69, 9.17) is 4.74 Å². The Morgan fingerprint density at radius 1 is 1.04 bits per heavy atom. The molecule has 5 heteroatoms. The van der Waals surface area contributed by atoms with E-state index in [0.717, 1.165) is 65.3 Å². The Morgan fingerprint density at radius 3 is 2.16 bits per heavy atom. The third-order valence-electron chi connectivity index (χ3n) is 5.57. The van der Waals surface area contributed by atoms with E-state index >= 15 is 0 Å². The van der Waals surface area contributed by atoms with Gasteiger partial charge >= 0.3 is 0 Å². The monoisotopic (exact) mass is 345 g/mol. The lowest BCUT2D eigenvalue weighted by Gasteiger charge is -2.43. The molecule has 2 aliphatic rings. The lowest BCUT2D eigenvalue weighted by molar-refractivity contribution is -0.121. The van der Waals surface area contributed by atoms with Gasteiger partial charge in [0.05, 0.1) is 18.8 Å². The van der Waals surface area contributed by atoms with Gasteiger partial charge in [-0.1, -0.05) is 29.8 Å². The van der Waals surface area contributed by atoms with Crippen molar-refractivity contribution in [1.29, 1.82) is 0 Å². The molecule has 0 atom stereocenters. The molecule has 2 heterocycles. The fourth-order valence-electron chi connectivity index (χ4n) is 3.96. The van der Waals surface area contributed by atoms with Crippen LogP contribution in [0, 0.1) is 6.92 Å². The molecule has 0 aliphatic carbocycles. The van der Waals surface area contributed by atoms with Crippen LogP contribution in [0.1, 0.15) is 30.9 Å². The molecule has 1 amide bonds. The molecule has 0 bridgehead atoms. The summed E-state index contributed by atoms with van der Waals surface area (Å²) in [5.74, 6) is 0.0577. The zero-order valence-electron chi connectivity index (χ0n) is 15.6. The molecule has 5 nitrogen and oxygen atoms in total. The Kier molecular flexibility index (Phi) is 6.10. The molecule has 25 heavy (non-hydrogen) atoms. The molecule has 2 fully saturated rings. The van der Waals surface area contributed by atoms with Gasteiger partial charge in [0, 0.05) is 46.2 Å². The number of hydrogen-bond acceptors (Lipinski definition) is 4. The molecule has 2 saturated heterocycles. The van der Waals surface area contributed by atoms with Crippen molar-refractivity contribution in [3.05, 3.63) is 35.4 Å². The Morgan fingerprint density at radius 2 is 1.60 bits per heavy atom. The Bertz CT molecular complexity index is 559. The quantitative estimate of drug-likeness (QED) is 0.883. The van der Waals surface area contributed by atoms with E-state index in [-0.39, 0.29) is 11.4 Å². The predicted octanol–water partition coefficient (Wildman–Crippen LogP) is 1.75. The van der Waals surface area contributed by atoms with Gasteiger partial charge in [0.1, 0.15) is 0 Å². The van der Waals surface area contributed by atoms with Crippen molar-refractivity contribution in [2.75, 3.05) is 52.5 Å². The van der Waals surface area contributed by atoms with Crippen molar-refractivity contribution < 1.29 is 9.53 Å². The number of nitrogens with one attached hydrogen (secondary N) is 1. The second-order valence-electron chi connectivity index (χ2n) is 7.42. The van der Waals surface area contributed by atoms with E-state index in [1.54, 1.807) is 6.92 Å². The number of carbonyl (C=O) groups excluding carboxylic acids is 1. The second-order valence-corrected chi connectivity index (χ2v) is 7.42. The molecule has 0 spiro atoms. The number of morpholine rings is 1. The molecular formula is C20H31N3O2. The highest BCUT2D eigenvalue weighted by molar-refractivity contribution is 5.74. The molecule has 138 valence electrons. The first-order chi connectivity index (χ1) is 12.1. The van der Waals surface area contributed by atoms with Crippen LogP contribution in [0.15, 0.2) is 24.3 Å². The minimum absolute atomic E-state index is 0.0577. The first-order valence-corrected chi connectivity index (χ1v) is 9.46. The summed E-state index contributed by atoms with van der Waals surface area (Å²) in [6.45, 7) is 11.8. The highest BCUT2D eigenvalue weighted by atomic mass is 16.5. The summed E-state index contributed by atoms with van der Waals surface area (Å²) in [6, 6.07) is 8.64. The van der Waals surface area contributed by atoms with Gasteiger partial charge in [-0.25, -0.2) is 0 Å². The van der Waals surface area contributed by atoms with E-state index in [1.165, 1.54) is 11.1 Å². The van der Waals surface area contributed by atoms with Gasteiger partial charge in [0.2, 0.25) is 5.91 Å². The molecule has 2 aliphatic heterocycles. The molecular weight excluding hydrogens is 314 g/mol. The predicted molar refractivity (Wildman–Crippen MR) is 99.6 cm³/mol. The van der Waals surface area contributed by atoms with Crippen LogP contribution in [0.2, 0.25) is 0 Å². The number of piperidine rings is 1. The average molecular weight is 345 g/mol. The normalized spacial score (nSPS) is 21.8. The number of ether oxygens (including phenoxy) is 1. The summed E-state index contributed by atoms with van der Waals surface area (Å²) in [7, 11) is 0. The van der Waals surface area contributed by atoms with Crippen molar-refractivity contribution in [2.24, 2.45) is 0 Å². The summed E-state index contributed by atoms with van der Waals surface area (Å²) in [5, 5.41) is 3.26. The first-order valence-electron chi connectivity index (χ1n) is 9.46. The smallest absolute Gasteiger partial charge is 0.217 e. The summed E-state index contributed by atoms with van der Waals surface area (Å²) in [5.41, 5.74) is 2.28. The summed E-state index contributed by atoms with van der Waals surface area (Å²) in [4.78, 5) is 16.8. The number of likely N-dealkylation sites (tertiary alicyclic amines) is 1. The van der Waals surface area contributed by atoms with E-state index in [9.17, 15) is 4.79 Å². The zero-order chi connectivity index (χ0) is 17.7. The zero-order valence-corrected chi connectivity index (χ0v) is 15.6. The van der Waals surface area contributed by atoms with Crippen molar-refractivity contribution in [3.8, 4) is 0 Å². The van der Waals surface area contributed by atoms with Crippen molar-refractivity contribution in [1.82, 2.24) is 15.1 Å². The SMILES string of the molecule is CC(=O)NC1(c2ccc(C)cc2)CCN(CCN2CCOCC2)CC1. The van der Waals surface area contributed by atoms with Gasteiger partial charge < -0.3 is 15.0 Å². The number of nitrogens with zero attached hydrogens (tertiary/aromatic N) is 2. The minimum Gasteiger partial charge on any atom is -0.379 e. The Labute approximate surface area is 151 Å². The molecule has 0 aromatic heterocycles. The van der Waals surface area contributed by atoms with Crippen LogP contribution in [-0.2, 0) is 15.1 Å². The number of rotatable bonds is 5. The van der Waals surface area contributed by atoms with Crippen LogP contribution in [0.25, 0.3) is 0 Å². The lowest BCUT2D eigenvalue weighted by atomic mass is 9.80. The van der Waals surface area contributed by atoms with Crippen LogP contribution in [0.4, 0.5) is 0 Å². The van der Waals surface area contributed by atoms with E-state index < -0.39 is 0 Å². The Balaban J connectivity index is 1.59. The average Bonchev–Trinajstić information content (AvgIpc) is 2.62. The molecule has 0 radical (unpaired) electrons. The van der Waals surface area contributed by atoms with Crippen LogP contribution < -0.4 is 5.32 Å². The highest BCUT2D eigenvalue weighted by Gasteiger charge is 2.36. The fourth-order valence-corrected chi connectivity index (χ4v) is 3.96. The van der Waals surface area contributed by atoms with Gasteiger partial charge in [0.15, 0.2) is 0 Å². The van der Waals surface area contributed by atoms with Gasteiger partial charge in [-0.2, -0.15) is 0 Å². The van der Waals surface area contributed by atoms with Crippen molar-refractivity contribution in [2.45, 2.75) is 32.2 Å². The summed E-state index contributed by atoms with van der Waals surface area (Å²) >= 11 is 0. The molecule has 1 N–H and O–H groups in total. The number of hydrogen-bond donors (Lipinski definition) is 1. The number of carbonyl (C=O) groups is 1. The third-order valence-corrected chi connectivity index (χ3v) is 5.57. The fraction of sp³-hybridized carbons (Fsp3) is 0.650. The second kappa shape index (κ2) is 8.30. The highest BCUT2D eigenvalue weighted by Crippen LogP contribution is 2.33. The van der Waals surface area contributed by atoms with Gasteiger partial charge in [-0.15, -0.1) is 0 Å². The van der Waals surface area contributed by atoms with Crippen molar-refractivity contribution in [3.63, 3.8) is 0 Å². The van der Waals surface area contributed by atoms with Crippen LogP contribution in [-0.4, -0.2) is 68.2 Å². The van der Waals surface area contributed by atoms with Gasteiger partial charge in [-0.05, 0) is 25.3 Å². The van der Waals surface area contributed by atoms with Gasteiger partial charge in [0.25, 0.3) is 0 Å². The summed E-state index contributed by atoms with van der Waals surface area (Å²) in [6.07, 6.45) is 1.94. The maximum Gasteiger partial charge on any atom is 0.217 e. The molecule has 1 aromatic rings. The standard InChI is InChI=1S/C20H31N3O2/c1-17-3-5-19(6-4-17)20(21-18(2)24)7-9-22(10-8-20)11-12-23-13-15-25-16-14-23/h3-6H,7-16H2,1-2H3,(H,21,24). The maximum atomic E-state index is 11.8. The first kappa shape index (κ1) is 18.4.